The first-order valence-electron chi connectivity index (χ1n) is 4.46. The molecule has 0 aliphatic carbocycles. The summed E-state index contributed by atoms with van der Waals surface area (Å²) in [5, 5.41) is 1.18. The normalized spacial score (nSPS) is 10.4. The Hall–Kier alpha value is 0.830. The molecule has 0 heterocycles. The van der Waals surface area contributed by atoms with Gasteiger partial charge in [0.1, 0.15) is 0 Å². The van der Waals surface area contributed by atoms with Crippen LogP contribution in [0.5, 0.6) is 0 Å². The second kappa shape index (κ2) is 10.8. The van der Waals surface area contributed by atoms with Gasteiger partial charge in [0.25, 0.3) is 0 Å². The highest BCUT2D eigenvalue weighted by Gasteiger charge is 1.89. The number of unbranched alkanes of at least 4 members (excludes halogenated alkanes) is 5. The first-order valence-corrected chi connectivity index (χ1v) is 6.98. The number of rotatable bonds is 8. The highest BCUT2D eigenvalue weighted by Crippen LogP contribution is 2.08. The lowest BCUT2D eigenvalue weighted by atomic mass is 10.1. The third-order valence-electron chi connectivity index (χ3n) is 1.73. The van der Waals surface area contributed by atoms with E-state index in [0.29, 0.717) is 0 Å². The fraction of sp³-hybridized carbons (Fsp3) is 1.00. The van der Waals surface area contributed by atoms with Crippen molar-refractivity contribution in [2.24, 2.45) is 0 Å². The zero-order valence-corrected chi connectivity index (χ0v) is 9.85. The molecule has 0 aromatic carbocycles. The lowest BCUT2D eigenvalue weighted by Crippen LogP contribution is -1.82. The van der Waals surface area contributed by atoms with Crippen molar-refractivity contribution in [1.82, 2.24) is 0 Å². The summed E-state index contributed by atoms with van der Waals surface area (Å²) >= 11 is 5.40. The maximum Gasteiger partial charge on any atom is 0.00313 e. The molecular formula is C9H19BrS. The van der Waals surface area contributed by atoms with Gasteiger partial charge < -0.3 is 0 Å². The number of halogens is 1. The molecule has 11 heavy (non-hydrogen) atoms. The van der Waals surface area contributed by atoms with Crippen molar-refractivity contribution in [3.8, 4) is 0 Å². The van der Waals surface area contributed by atoms with Crippen LogP contribution in [0.25, 0.3) is 0 Å². The monoisotopic (exact) mass is 238 g/mol. The SMILES string of the molecule is CSCCCCCCCCBr. The van der Waals surface area contributed by atoms with Crippen LogP contribution in [-0.2, 0) is 0 Å². The minimum Gasteiger partial charge on any atom is -0.165 e. The predicted molar refractivity (Wildman–Crippen MR) is 59.9 cm³/mol. The fourth-order valence-corrected chi connectivity index (χ4v) is 1.94. The standard InChI is InChI=1S/C9H19BrS/c1-11-9-7-5-3-2-4-6-8-10/h2-9H2,1H3. The van der Waals surface area contributed by atoms with Gasteiger partial charge in [0.15, 0.2) is 0 Å². The molecule has 0 rings (SSSR count). The summed E-state index contributed by atoms with van der Waals surface area (Å²) in [7, 11) is 0. The van der Waals surface area contributed by atoms with Crippen LogP contribution in [0.2, 0.25) is 0 Å². The Balaban J connectivity index is 2.69. The van der Waals surface area contributed by atoms with E-state index in [0.717, 1.165) is 0 Å². The van der Waals surface area contributed by atoms with Gasteiger partial charge in [-0.3, -0.25) is 0 Å². The summed E-state index contributed by atoms with van der Waals surface area (Å²) in [6, 6.07) is 0. The zero-order chi connectivity index (χ0) is 8.36. The van der Waals surface area contributed by atoms with Crippen LogP contribution in [0.15, 0.2) is 0 Å². The highest BCUT2D eigenvalue weighted by atomic mass is 79.9. The Morgan fingerprint density at radius 1 is 0.909 bits per heavy atom. The van der Waals surface area contributed by atoms with Crippen LogP contribution < -0.4 is 0 Å². The highest BCUT2D eigenvalue weighted by molar-refractivity contribution is 9.09. The molecule has 0 nitrogen and oxygen atoms in total. The van der Waals surface area contributed by atoms with E-state index in [4.69, 9.17) is 0 Å². The number of alkyl halides is 1. The van der Waals surface area contributed by atoms with E-state index in [9.17, 15) is 0 Å². The average Bonchev–Trinajstić information content (AvgIpc) is 2.03. The molecule has 0 aromatic rings. The van der Waals surface area contributed by atoms with E-state index in [1.54, 1.807) is 0 Å². The molecule has 0 unspecified atom stereocenters. The van der Waals surface area contributed by atoms with E-state index in [2.05, 4.69) is 22.2 Å². The van der Waals surface area contributed by atoms with Crippen LogP contribution in [0.4, 0.5) is 0 Å². The van der Waals surface area contributed by atoms with Gasteiger partial charge in [0.05, 0.1) is 0 Å². The molecule has 0 aliphatic rings. The van der Waals surface area contributed by atoms with Gasteiger partial charge in [-0.25, -0.2) is 0 Å². The molecule has 0 amide bonds. The first kappa shape index (κ1) is 11.8. The molecule has 0 radical (unpaired) electrons. The van der Waals surface area contributed by atoms with Gasteiger partial charge in [0, 0.05) is 5.33 Å². The van der Waals surface area contributed by atoms with Gasteiger partial charge in [-0.1, -0.05) is 41.6 Å². The molecule has 0 aliphatic heterocycles. The van der Waals surface area contributed by atoms with E-state index in [1.807, 2.05) is 11.8 Å². The summed E-state index contributed by atoms with van der Waals surface area (Å²) in [5.41, 5.74) is 0. The van der Waals surface area contributed by atoms with Crippen LogP contribution in [-0.4, -0.2) is 17.3 Å². The summed E-state index contributed by atoms with van der Waals surface area (Å²) in [4.78, 5) is 0. The van der Waals surface area contributed by atoms with Gasteiger partial charge in [-0.05, 0) is 24.9 Å². The van der Waals surface area contributed by atoms with E-state index in [-0.39, 0.29) is 0 Å². The van der Waals surface area contributed by atoms with Crippen LogP contribution in [0.1, 0.15) is 38.5 Å². The summed E-state index contributed by atoms with van der Waals surface area (Å²) in [5.74, 6) is 1.35. The Bertz CT molecular complexity index is 58.6. The van der Waals surface area contributed by atoms with Crippen molar-refractivity contribution in [3.63, 3.8) is 0 Å². The van der Waals surface area contributed by atoms with E-state index < -0.39 is 0 Å². The van der Waals surface area contributed by atoms with Crippen molar-refractivity contribution in [2.75, 3.05) is 17.3 Å². The lowest BCUT2D eigenvalue weighted by Gasteiger charge is -1.98. The molecule has 0 saturated heterocycles. The van der Waals surface area contributed by atoms with Crippen molar-refractivity contribution >= 4 is 27.7 Å². The summed E-state index contributed by atoms with van der Waals surface area (Å²) in [6.45, 7) is 0. The van der Waals surface area contributed by atoms with E-state index in [1.165, 1.54) is 49.6 Å². The molecule has 2 heteroatoms. The number of thioether (sulfide) groups is 1. The summed E-state index contributed by atoms with van der Waals surface area (Å²) in [6.07, 6.45) is 10.7. The Morgan fingerprint density at radius 3 is 2.00 bits per heavy atom. The smallest absolute Gasteiger partial charge is 0.00313 e. The average molecular weight is 239 g/mol. The van der Waals surface area contributed by atoms with Crippen molar-refractivity contribution < 1.29 is 0 Å². The van der Waals surface area contributed by atoms with Crippen molar-refractivity contribution in [2.45, 2.75) is 38.5 Å². The van der Waals surface area contributed by atoms with Gasteiger partial charge in [-0.15, -0.1) is 0 Å². The van der Waals surface area contributed by atoms with Crippen LogP contribution in [0, 0.1) is 0 Å². The van der Waals surface area contributed by atoms with Crippen molar-refractivity contribution in [1.29, 1.82) is 0 Å². The van der Waals surface area contributed by atoms with Crippen LogP contribution >= 0.6 is 27.7 Å². The number of hydrogen-bond acceptors (Lipinski definition) is 1. The first-order chi connectivity index (χ1) is 5.41. The Morgan fingerprint density at radius 2 is 1.45 bits per heavy atom. The maximum absolute atomic E-state index is 3.44. The Labute approximate surface area is 83.6 Å². The predicted octanol–water partition coefficient (Wildman–Crippen LogP) is 4.08. The second-order valence-electron chi connectivity index (χ2n) is 2.80. The van der Waals surface area contributed by atoms with Crippen molar-refractivity contribution in [3.05, 3.63) is 0 Å². The maximum atomic E-state index is 3.44. The van der Waals surface area contributed by atoms with E-state index >= 15 is 0 Å². The fourth-order valence-electron chi connectivity index (χ4n) is 1.05. The minimum absolute atomic E-state index is 1.18. The third kappa shape index (κ3) is 10.8. The second-order valence-corrected chi connectivity index (χ2v) is 4.58. The molecule has 68 valence electrons. The molecular weight excluding hydrogens is 220 g/mol. The quantitative estimate of drug-likeness (QED) is 0.454. The molecule has 0 saturated carbocycles. The molecule has 0 atom stereocenters. The summed E-state index contributed by atoms with van der Waals surface area (Å²) < 4.78 is 0. The van der Waals surface area contributed by atoms with Crippen LogP contribution in [0.3, 0.4) is 0 Å². The third-order valence-corrected chi connectivity index (χ3v) is 2.99. The Kier molecular flexibility index (Phi) is 11.6. The topological polar surface area (TPSA) is 0 Å². The van der Waals surface area contributed by atoms with Gasteiger partial charge in [-0.2, -0.15) is 11.8 Å². The largest absolute Gasteiger partial charge is 0.165 e. The molecule has 0 spiro atoms. The molecule has 0 fully saturated rings. The molecule has 0 bridgehead atoms. The van der Waals surface area contributed by atoms with Gasteiger partial charge in [0.2, 0.25) is 0 Å². The molecule has 0 N–H and O–H groups in total. The minimum atomic E-state index is 1.18. The number of hydrogen-bond donors (Lipinski definition) is 0. The lowest BCUT2D eigenvalue weighted by molar-refractivity contribution is 0.630. The molecule has 0 aromatic heterocycles. The zero-order valence-electron chi connectivity index (χ0n) is 7.44. The van der Waals surface area contributed by atoms with Gasteiger partial charge >= 0.3 is 0 Å².